The summed E-state index contributed by atoms with van der Waals surface area (Å²) in [5.74, 6) is 0.566. The Hall–Kier alpha value is -2.86. The Morgan fingerprint density at radius 3 is 2.42 bits per heavy atom. The predicted octanol–water partition coefficient (Wildman–Crippen LogP) is 4.42. The van der Waals surface area contributed by atoms with E-state index in [2.05, 4.69) is 5.32 Å². The van der Waals surface area contributed by atoms with E-state index in [1.165, 1.54) is 12.8 Å². The average molecular weight is 422 g/mol. The van der Waals surface area contributed by atoms with E-state index in [9.17, 15) is 14.7 Å². The molecule has 0 radical (unpaired) electrons. The number of benzene rings is 2. The van der Waals surface area contributed by atoms with E-state index in [1.54, 1.807) is 18.7 Å². The van der Waals surface area contributed by atoms with E-state index in [0.717, 1.165) is 40.8 Å². The minimum absolute atomic E-state index is 0.0590. The quantitative estimate of drug-likeness (QED) is 0.667. The van der Waals surface area contributed by atoms with Gasteiger partial charge < -0.3 is 21.1 Å². The van der Waals surface area contributed by atoms with Gasteiger partial charge in [0.05, 0.1) is 11.6 Å². The minimum Gasteiger partial charge on any atom is -0.386 e. The highest BCUT2D eigenvalue weighted by Crippen LogP contribution is 2.40. The molecular weight excluding hydrogens is 390 g/mol. The fourth-order valence-corrected chi connectivity index (χ4v) is 4.83. The van der Waals surface area contributed by atoms with Crippen LogP contribution in [0.5, 0.6) is 0 Å². The monoisotopic (exact) mass is 421 g/mol. The van der Waals surface area contributed by atoms with Gasteiger partial charge in [-0.1, -0.05) is 43.2 Å². The highest BCUT2D eigenvalue weighted by Gasteiger charge is 2.34. The molecule has 1 saturated carbocycles. The molecule has 1 aliphatic carbocycles. The number of hydrogen-bond donors (Lipinski definition) is 3. The zero-order chi connectivity index (χ0) is 22.2. The van der Waals surface area contributed by atoms with Gasteiger partial charge >= 0.3 is 6.03 Å². The van der Waals surface area contributed by atoms with E-state index >= 15 is 0 Å². The molecule has 4 rings (SSSR count). The predicted molar refractivity (Wildman–Crippen MR) is 120 cm³/mol. The van der Waals surface area contributed by atoms with Crippen LogP contribution in [0.25, 0.3) is 0 Å². The number of hydrogen-bond acceptors (Lipinski definition) is 3. The molecule has 6 heteroatoms. The summed E-state index contributed by atoms with van der Waals surface area (Å²) in [6.07, 6.45) is 5.32. The Morgan fingerprint density at radius 1 is 1.13 bits per heavy atom. The summed E-state index contributed by atoms with van der Waals surface area (Å²) in [4.78, 5) is 26.1. The average Bonchev–Trinajstić information content (AvgIpc) is 3.35. The van der Waals surface area contributed by atoms with Gasteiger partial charge in [-0.15, -0.1) is 0 Å². The normalized spacial score (nSPS) is 18.8. The second-order valence-electron chi connectivity index (χ2n) is 9.37. The van der Waals surface area contributed by atoms with Crippen LogP contribution in [0.4, 0.5) is 10.5 Å². The first kappa shape index (κ1) is 21.4. The standard InChI is InChI=1S/C25H31N3O3/c1-25(2,31)19-9-12-21-18(14-19)15-28(24(26)30)23(21)17-7-10-20(11-8-17)27-22(29)13-16-5-3-4-6-16/h7-12,14,16,23,31H,3-6,13,15H2,1-2H3,(H2,26,30)(H,27,29). The lowest BCUT2D eigenvalue weighted by atomic mass is 9.92. The molecule has 31 heavy (non-hydrogen) atoms. The minimum atomic E-state index is -0.955. The van der Waals surface area contributed by atoms with E-state index < -0.39 is 11.6 Å². The van der Waals surface area contributed by atoms with Gasteiger partial charge in [0.1, 0.15) is 0 Å². The van der Waals surface area contributed by atoms with E-state index in [-0.39, 0.29) is 11.9 Å². The second-order valence-corrected chi connectivity index (χ2v) is 9.37. The largest absolute Gasteiger partial charge is 0.386 e. The third-order valence-corrected chi connectivity index (χ3v) is 6.54. The van der Waals surface area contributed by atoms with Crippen LogP contribution >= 0.6 is 0 Å². The number of nitrogens with two attached hydrogens (primary N) is 1. The molecule has 1 unspecified atom stereocenters. The molecule has 3 amide bonds. The summed E-state index contributed by atoms with van der Waals surface area (Å²) in [5, 5.41) is 13.3. The van der Waals surface area contributed by atoms with Crippen molar-refractivity contribution in [2.75, 3.05) is 5.32 Å². The maximum absolute atomic E-state index is 12.3. The summed E-state index contributed by atoms with van der Waals surface area (Å²) in [7, 11) is 0. The molecule has 0 spiro atoms. The van der Waals surface area contributed by atoms with Gasteiger partial charge in [-0.05, 0) is 67.0 Å². The van der Waals surface area contributed by atoms with E-state index in [0.29, 0.717) is 18.9 Å². The van der Waals surface area contributed by atoms with Gasteiger partial charge in [0, 0.05) is 18.7 Å². The van der Waals surface area contributed by atoms with E-state index in [1.807, 2.05) is 42.5 Å². The van der Waals surface area contributed by atoms with Crippen LogP contribution < -0.4 is 11.1 Å². The Balaban J connectivity index is 1.53. The van der Waals surface area contributed by atoms with Crippen LogP contribution in [0.1, 0.15) is 74.2 Å². The lowest BCUT2D eigenvalue weighted by Gasteiger charge is -2.24. The molecule has 4 N–H and O–H groups in total. The molecule has 1 atom stereocenters. The lowest BCUT2D eigenvalue weighted by Crippen LogP contribution is -2.34. The molecule has 2 aliphatic rings. The first-order valence-electron chi connectivity index (χ1n) is 11.0. The number of primary amides is 1. The number of aliphatic hydroxyl groups is 1. The highest BCUT2D eigenvalue weighted by atomic mass is 16.3. The highest BCUT2D eigenvalue weighted by molar-refractivity contribution is 5.90. The molecule has 2 aromatic rings. The van der Waals surface area contributed by atoms with Crippen molar-refractivity contribution in [1.82, 2.24) is 4.90 Å². The number of nitrogens with zero attached hydrogens (tertiary/aromatic N) is 1. The number of fused-ring (bicyclic) bond motifs is 1. The zero-order valence-corrected chi connectivity index (χ0v) is 18.2. The molecular formula is C25H31N3O3. The van der Waals surface area contributed by atoms with Gasteiger partial charge in [-0.2, -0.15) is 0 Å². The van der Waals surface area contributed by atoms with Crippen LogP contribution in [-0.4, -0.2) is 21.9 Å². The first-order valence-corrected chi connectivity index (χ1v) is 11.0. The lowest BCUT2D eigenvalue weighted by molar-refractivity contribution is -0.117. The zero-order valence-electron chi connectivity index (χ0n) is 18.2. The number of carbonyl (C=O) groups excluding carboxylic acids is 2. The Morgan fingerprint density at radius 2 is 1.81 bits per heavy atom. The van der Waals surface area contributed by atoms with Crippen molar-refractivity contribution in [1.29, 1.82) is 0 Å². The molecule has 164 valence electrons. The van der Waals surface area contributed by atoms with E-state index in [4.69, 9.17) is 5.73 Å². The van der Waals surface area contributed by atoms with Gasteiger partial charge in [-0.25, -0.2) is 4.79 Å². The molecule has 1 aliphatic heterocycles. The topological polar surface area (TPSA) is 95.7 Å². The third kappa shape index (κ3) is 4.59. The molecule has 1 fully saturated rings. The molecule has 6 nitrogen and oxygen atoms in total. The van der Waals surface area contributed by atoms with Crippen molar-refractivity contribution in [2.45, 2.75) is 64.1 Å². The number of anilines is 1. The molecule has 0 bridgehead atoms. The van der Waals surface area contributed by atoms with Crippen LogP contribution in [-0.2, 0) is 16.9 Å². The van der Waals surface area contributed by atoms with Gasteiger partial charge in [0.2, 0.25) is 5.91 Å². The first-order chi connectivity index (χ1) is 14.7. The van der Waals surface area contributed by atoms with Crippen molar-refractivity contribution in [3.05, 3.63) is 64.7 Å². The Bertz CT molecular complexity index is 972. The number of amides is 3. The number of rotatable bonds is 5. The fourth-order valence-electron chi connectivity index (χ4n) is 4.83. The summed E-state index contributed by atoms with van der Waals surface area (Å²) >= 11 is 0. The summed E-state index contributed by atoms with van der Waals surface area (Å²) in [6.45, 7) is 3.89. The van der Waals surface area contributed by atoms with Crippen molar-refractivity contribution in [3.8, 4) is 0 Å². The van der Waals surface area contributed by atoms with Gasteiger partial charge in [-0.3, -0.25) is 4.79 Å². The van der Waals surface area contributed by atoms with Crippen LogP contribution in [0.2, 0.25) is 0 Å². The molecule has 2 aromatic carbocycles. The maximum atomic E-state index is 12.3. The third-order valence-electron chi connectivity index (χ3n) is 6.54. The fraction of sp³-hybridized carbons (Fsp3) is 0.440. The van der Waals surface area contributed by atoms with Crippen LogP contribution in [0.15, 0.2) is 42.5 Å². The number of urea groups is 1. The summed E-state index contributed by atoms with van der Waals surface area (Å²) in [6, 6.07) is 12.7. The van der Waals surface area contributed by atoms with Gasteiger partial charge in [0.15, 0.2) is 0 Å². The molecule has 0 saturated heterocycles. The maximum Gasteiger partial charge on any atom is 0.315 e. The molecule has 1 heterocycles. The van der Waals surface area contributed by atoms with Crippen molar-refractivity contribution in [3.63, 3.8) is 0 Å². The summed E-state index contributed by atoms with van der Waals surface area (Å²) in [5.41, 5.74) is 9.21. The Labute approximate surface area is 183 Å². The second kappa shape index (κ2) is 8.35. The van der Waals surface area contributed by atoms with Crippen molar-refractivity contribution < 1.29 is 14.7 Å². The van der Waals surface area contributed by atoms with Crippen molar-refractivity contribution in [2.24, 2.45) is 11.7 Å². The van der Waals surface area contributed by atoms with Gasteiger partial charge in [0.25, 0.3) is 0 Å². The number of nitrogens with one attached hydrogen (secondary N) is 1. The van der Waals surface area contributed by atoms with Crippen LogP contribution in [0, 0.1) is 5.92 Å². The SMILES string of the molecule is CC(C)(O)c1ccc2c(c1)CN(C(N)=O)C2c1ccc(NC(=O)CC2CCCC2)cc1. The Kier molecular flexibility index (Phi) is 5.75. The molecule has 0 aromatic heterocycles. The van der Waals surface area contributed by atoms with Crippen LogP contribution in [0.3, 0.4) is 0 Å². The smallest absolute Gasteiger partial charge is 0.315 e. The summed E-state index contributed by atoms with van der Waals surface area (Å²) < 4.78 is 0. The van der Waals surface area contributed by atoms with Crippen molar-refractivity contribution >= 4 is 17.6 Å². The number of carbonyl (C=O) groups is 2.